The quantitative estimate of drug-likeness (QED) is 0.705. The molecule has 1 aliphatic carbocycles. The van der Waals surface area contributed by atoms with Crippen molar-refractivity contribution < 1.29 is 9.53 Å². The van der Waals surface area contributed by atoms with Crippen molar-refractivity contribution in [2.24, 2.45) is 5.92 Å². The third-order valence-corrected chi connectivity index (χ3v) is 5.58. The van der Waals surface area contributed by atoms with Crippen LogP contribution >= 0.6 is 0 Å². The normalized spacial score (nSPS) is 17.6. The van der Waals surface area contributed by atoms with Gasteiger partial charge in [-0.1, -0.05) is 0 Å². The topological polar surface area (TPSA) is 105 Å². The molecule has 1 saturated heterocycles. The Bertz CT molecular complexity index is 1070. The van der Waals surface area contributed by atoms with E-state index in [1.807, 2.05) is 18.3 Å². The Labute approximate surface area is 166 Å². The summed E-state index contributed by atoms with van der Waals surface area (Å²) in [5.74, 6) is 1.40. The molecule has 0 radical (unpaired) electrons. The number of fused-ring (bicyclic) bond motifs is 1. The lowest BCUT2D eigenvalue weighted by molar-refractivity contribution is 0.0652. The summed E-state index contributed by atoms with van der Waals surface area (Å²) in [6.07, 6.45) is 6.14. The SMILES string of the molecule is O=C(c1ccc(=O)[nH]n1)N1CCC(COc2ccc3nc(C4CC4)cn3n2)CC1. The number of rotatable bonds is 5. The smallest absolute Gasteiger partial charge is 0.274 e. The van der Waals surface area contributed by atoms with E-state index in [1.165, 1.54) is 25.0 Å². The second kappa shape index (κ2) is 7.31. The van der Waals surface area contributed by atoms with Crippen molar-refractivity contribution in [1.82, 2.24) is 29.7 Å². The minimum Gasteiger partial charge on any atom is -0.476 e. The molecule has 4 heterocycles. The zero-order valence-corrected chi connectivity index (χ0v) is 16.0. The van der Waals surface area contributed by atoms with Crippen molar-refractivity contribution in [3.05, 3.63) is 52.2 Å². The summed E-state index contributed by atoms with van der Waals surface area (Å²) in [7, 11) is 0. The zero-order chi connectivity index (χ0) is 19.8. The largest absolute Gasteiger partial charge is 0.476 e. The molecule has 2 fully saturated rings. The van der Waals surface area contributed by atoms with Crippen molar-refractivity contribution in [3.8, 4) is 5.88 Å². The summed E-state index contributed by atoms with van der Waals surface area (Å²) in [4.78, 5) is 29.9. The molecule has 5 rings (SSSR count). The van der Waals surface area contributed by atoms with E-state index in [1.54, 1.807) is 9.42 Å². The molecule has 3 aromatic heterocycles. The highest BCUT2D eigenvalue weighted by molar-refractivity contribution is 5.92. The molecule has 0 atom stereocenters. The molecule has 1 amide bonds. The van der Waals surface area contributed by atoms with Crippen LogP contribution in [0, 0.1) is 5.92 Å². The average Bonchev–Trinajstić information content (AvgIpc) is 3.52. The molecular formula is C20H22N6O3. The molecule has 0 unspecified atom stereocenters. The Morgan fingerprint density at radius 1 is 1.14 bits per heavy atom. The fourth-order valence-electron chi connectivity index (χ4n) is 3.67. The highest BCUT2D eigenvalue weighted by Crippen LogP contribution is 2.39. The van der Waals surface area contributed by atoms with E-state index in [2.05, 4.69) is 20.3 Å². The summed E-state index contributed by atoms with van der Waals surface area (Å²) in [6.45, 7) is 1.86. The number of piperidine rings is 1. The Balaban J connectivity index is 1.15. The van der Waals surface area contributed by atoms with Crippen LogP contribution in [0.25, 0.3) is 5.65 Å². The number of nitrogens with one attached hydrogen (secondary N) is 1. The Hall–Kier alpha value is -3.23. The molecule has 9 nitrogen and oxygen atoms in total. The molecule has 0 aromatic carbocycles. The second-order valence-corrected chi connectivity index (χ2v) is 7.77. The standard InChI is InChI=1S/C20H22N6O3/c27-18-5-3-15(22-23-18)20(28)25-9-7-13(8-10-25)12-29-19-6-4-17-21-16(14-1-2-14)11-26(17)24-19/h3-6,11,13-14H,1-2,7-10,12H2,(H,23,27). The second-order valence-electron chi connectivity index (χ2n) is 7.77. The number of hydrogen-bond acceptors (Lipinski definition) is 6. The van der Waals surface area contributed by atoms with Crippen molar-refractivity contribution in [2.75, 3.05) is 19.7 Å². The molecule has 29 heavy (non-hydrogen) atoms. The number of imidazole rings is 1. The van der Waals surface area contributed by atoms with Crippen LogP contribution in [-0.4, -0.2) is 55.3 Å². The Morgan fingerprint density at radius 2 is 1.97 bits per heavy atom. The molecule has 1 N–H and O–H groups in total. The van der Waals surface area contributed by atoms with Gasteiger partial charge >= 0.3 is 0 Å². The maximum atomic E-state index is 12.5. The van der Waals surface area contributed by atoms with Crippen LogP contribution < -0.4 is 10.3 Å². The number of amides is 1. The third kappa shape index (κ3) is 3.85. The minimum absolute atomic E-state index is 0.153. The van der Waals surface area contributed by atoms with Crippen molar-refractivity contribution in [3.63, 3.8) is 0 Å². The van der Waals surface area contributed by atoms with Crippen LogP contribution in [0.3, 0.4) is 0 Å². The predicted molar refractivity (Wildman–Crippen MR) is 104 cm³/mol. The van der Waals surface area contributed by atoms with E-state index >= 15 is 0 Å². The minimum atomic E-state index is -0.316. The number of carbonyl (C=O) groups excluding carboxylic acids is 1. The van der Waals surface area contributed by atoms with Crippen LogP contribution in [0.5, 0.6) is 5.88 Å². The highest BCUT2D eigenvalue weighted by atomic mass is 16.5. The fourth-order valence-corrected chi connectivity index (χ4v) is 3.67. The number of aromatic amines is 1. The van der Waals surface area contributed by atoms with E-state index < -0.39 is 0 Å². The number of nitrogens with zero attached hydrogens (tertiary/aromatic N) is 5. The van der Waals surface area contributed by atoms with Crippen LogP contribution in [0.15, 0.2) is 35.3 Å². The highest BCUT2D eigenvalue weighted by Gasteiger charge is 2.27. The van der Waals surface area contributed by atoms with Gasteiger partial charge in [-0.2, -0.15) is 5.10 Å². The number of aromatic nitrogens is 5. The zero-order valence-electron chi connectivity index (χ0n) is 16.0. The molecule has 1 saturated carbocycles. The molecular weight excluding hydrogens is 372 g/mol. The van der Waals surface area contributed by atoms with E-state index in [9.17, 15) is 9.59 Å². The monoisotopic (exact) mass is 394 g/mol. The van der Waals surface area contributed by atoms with Gasteiger partial charge in [0, 0.05) is 31.1 Å². The lowest BCUT2D eigenvalue weighted by atomic mass is 9.97. The molecule has 0 spiro atoms. The maximum absolute atomic E-state index is 12.5. The van der Waals surface area contributed by atoms with Crippen LogP contribution in [-0.2, 0) is 0 Å². The maximum Gasteiger partial charge on any atom is 0.274 e. The van der Waals surface area contributed by atoms with Gasteiger partial charge in [-0.25, -0.2) is 14.6 Å². The van der Waals surface area contributed by atoms with Crippen LogP contribution in [0.4, 0.5) is 0 Å². The van der Waals surface area contributed by atoms with Gasteiger partial charge in [0.15, 0.2) is 5.65 Å². The summed E-state index contributed by atoms with van der Waals surface area (Å²) >= 11 is 0. The molecule has 1 aliphatic heterocycles. The fraction of sp³-hybridized carbons (Fsp3) is 0.450. The van der Waals surface area contributed by atoms with Gasteiger partial charge in [0.25, 0.3) is 11.5 Å². The van der Waals surface area contributed by atoms with Crippen molar-refractivity contribution >= 4 is 11.6 Å². The van der Waals surface area contributed by atoms with E-state index in [-0.39, 0.29) is 17.2 Å². The first-order valence-corrected chi connectivity index (χ1v) is 10.00. The average molecular weight is 394 g/mol. The number of H-pyrrole nitrogens is 1. The van der Waals surface area contributed by atoms with Gasteiger partial charge in [-0.05, 0) is 43.7 Å². The number of likely N-dealkylation sites (tertiary alicyclic amines) is 1. The van der Waals surface area contributed by atoms with Crippen molar-refractivity contribution in [1.29, 1.82) is 0 Å². The molecule has 9 heteroatoms. The lowest BCUT2D eigenvalue weighted by Crippen LogP contribution is -2.40. The van der Waals surface area contributed by atoms with Crippen molar-refractivity contribution in [2.45, 2.75) is 31.6 Å². The van der Waals surface area contributed by atoms with E-state index in [0.29, 0.717) is 37.4 Å². The number of ether oxygens (including phenoxy) is 1. The van der Waals surface area contributed by atoms with Gasteiger partial charge in [0.05, 0.1) is 18.5 Å². The van der Waals surface area contributed by atoms with E-state index in [0.717, 1.165) is 24.2 Å². The lowest BCUT2D eigenvalue weighted by Gasteiger charge is -2.31. The van der Waals surface area contributed by atoms with Gasteiger partial charge in [0.1, 0.15) is 5.69 Å². The van der Waals surface area contributed by atoms with Gasteiger partial charge in [-0.3, -0.25) is 9.59 Å². The Morgan fingerprint density at radius 3 is 2.69 bits per heavy atom. The van der Waals surface area contributed by atoms with Crippen LogP contribution in [0.2, 0.25) is 0 Å². The van der Waals surface area contributed by atoms with E-state index in [4.69, 9.17) is 4.74 Å². The van der Waals surface area contributed by atoms with Gasteiger partial charge in [0.2, 0.25) is 5.88 Å². The summed E-state index contributed by atoms with van der Waals surface area (Å²) in [6, 6.07) is 6.58. The Kier molecular flexibility index (Phi) is 4.49. The first kappa shape index (κ1) is 17.8. The van der Waals surface area contributed by atoms with Crippen LogP contribution in [0.1, 0.15) is 47.8 Å². The summed E-state index contributed by atoms with van der Waals surface area (Å²) in [5, 5.41) is 10.6. The van der Waals surface area contributed by atoms with Gasteiger partial charge in [-0.15, -0.1) is 5.10 Å². The summed E-state index contributed by atoms with van der Waals surface area (Å²) in [5.41, 5.74) is 1.91. The van der Waals surface area contributed by atoms with Gasteiger partial charge < -0.3 is 9.64 Å². The predicted octanol–water partition coefficient (Wildman–Crippen LogP) is 1.62. The number of carbonyl (C=O) groups is 1. The summed E-state index contributed by atoms with van der Waals surface area (Å²) < 4.78 is 7.71. The first-order chi connectivity index (χ1) is 14.2. The third-order valence-electron chi connectivity index (χ3n) is 5.58. The number of hydrogen-bond donors (Lipinski definition) is 1. The first-order valence-electron chi connectivity index (χ1n) is 10.00. The molecule has 3 aromatic rings. The molecule has 150 valence electrons. The molecule has 2 aliphatic rings. The molecule has 0 bridgehead atoms.